The Kier molecular flexibility index (Phi) is 6.38. The Balaban J connectivity index is 2.40. The molecular weight excluding hydrogens is 276 g/mol. The molecule has 0 aliphatic rings. The molecule has 1 heterocycles. The number of anilines is 1. The van der Waals surface area contributed by atoms with Gasteiger partial charge in [0.05, 0.1) is 5.69 Å². The summed E-state index contributed by atoms with van der Waals surface area (Å²) in [6, 6.07) is 1.98. The average molecular weight is 300 g/mol. The number of nitrogens with zero attached hydrogens (tertiary/aromatic N) is 2. The predicted molar refractivity (Wildman–Crippen MR) is 80.8 cm³/mol. The quantitative estimate of drug-likeness (QED) is 0.701. The van der Waals surface area contributed by atoms with E-state index >= 15 is 0 Å². The molecule has 1 aromatic rings. The molecule has 0 aliphatic heterocycles. The van der Waals surface area contributed by atoms with Crippen molar-refractivity contribution in [3.63, 3.8) is 0 Å². The van der Waals surface area contributed by atoms with Crippen molar-refractivity contribution in [1.82, 2.24) is 14.6 Å². The molecule has 20 heavy (non-hydrogen) atoms. The van der Waals surface area contributed by atoms with Gasteiger partial charge in [0.2, 0.25) is 10.0 Å². The summed E-state index contributed by atoms with van der Waals surface area (Å²) in [5, 5.41) is 0. The molecule has 0 unspecified atom stereocenters. The van der Waals surface area contributed by atoms with Crippen molar-refractivity contribution < 1.29 is 8.42 Å². The lowest BCUT2D eigenvalue weighted by molar-refractivity contribution is 0.268. The second-order valence-corrected chi connectivity index (χ2v) is 6.83. The highest BCUT2D eigenvalue weighted by atomic mass is 32.2. The van der Waals surface area contributed by atoms with Gasteiger partial charge in [0.1, 0.15) is 4.90 Å². The molecule has 0 atom stereocenters. The van der Waals surface area contributed by atoms with Crippen LogP contribution in [0.1, 0.15) is 26.7 Å². The van der Waals surface area contributed by atoms with Crippen molar-refractivity contribution >= 4 is 15.7 Å². The molecule has 0 radical (unpaired) electrons. The lowest BCUT2D eigenvalue weighted by Gasteiger charge is -2.20. The number of pyridine rings is 1. The smallest absolute Gasteiger partial charge is 0.244 e. The largest absolute Gasteiger partial charge is 0.398 e. The van der Waals surface area contributed by atoms with Gasteiger partial charge in [-0.25, -0.2) is 13.1 Å². The van der Waals surface area contributed by atoms with Crippen LogP contribution < -0.4 is 10.5 Å². The van der Waals surface area contributed by atoms with E-state index < -0.39 is 10.0 Å². The number of hydrogen-bond donors (Lipinski definition) is 2. The van der Waals surface area contributed by atoms with Crippen molar-refractivity contribution in [3.8, 4) is 0 Å². The van der Waals surface area contributed by atoms with Crippen LogP contribution in [-0.4, -0.2) is 44.5 Å². The molecule has 3 N–H and O–H groups in total. The van der Waals surface area contributed by atoms with Crippen LogP contribution in [0.3, 0.4) is 0 Å². The normalized spacial score (nSPS) is 12.2. The number of sulfonamides is 1. The van der Waals surface area contributed by atoms with Crippen molar-refractivity contribution in [3.05, 3.63) is 18.5 Å². The van der Waals surface area contributed by atoms with Crippen molar-refractivity contribution in [1.29, 1.82) is 0 Å². The number of rotatable bonds is 8. The lowest BCUT2D eigenvalue weighted by atomic mass is 10.2. The van der Waals surface area contributed by atoms with Gasteiger partial charge in [-0.05, 0) is 46.3 Å². The van der Waals surface area contributed by atoms with Crippen LogP contribution in [0.4, 0.5) is 5.69 Å². The predicted octanol–water partition coefficient (Wildman–Crippen LogP) is 1.06. The second kappa shape index (κ2) is 7.56. The fourth-order valence-electron chi connectivity index (χ4n) is 1.64. The average Bonchev–Trinajstić information content (AvgIpc) is 2.38. The summed E-state index contributed by atoms with van der Waals surface area (Å²) in [4.78, 5) is 6.06. The Bertz CT molecular complexity index is 517. The van der Waals surface area contributed by atoms with Gasteiger partial charge in [-0.15, -0.1) is 0 Å². The highest BCUT2D eigenvalue weighted by Gasteiger charge is 2.16. The van der Waals surface area contributed by atoms with E-state index in [1.165, 1.54) is 18.5 Å². The molecule has 114 valence electrons. The third-order valence-electron chi connectivity index (χ3n) is 3.22. The van der Waals surface area contributed by atoms with E-state index in [4.69, 9.17) is 5.73 Å². The van der Waals surface area contributed by atoms with Crippen LogP contribution in [0, 0.1) is 0 Å². The Morgan fingerprint density at radius 1 is 1.40 bits per heavy atom. The summed E-state index contributed by atoms with van der Waals surface area (Å²) >= 11 is 0. The van der Waals surface area contributed by atoms with E-state index in [1.807, 2.05) is 0 Å². The van der Waals surface area contributed by atoms with E-state index in [0.29, 0.717) is 12.6 Å². The summed E-state index contributed by atoms with van der Waals surface area (Å²) in [5.41, 5.74) is 5.86. The molecule has 7 heteroatoms. The number of hydrogen-bond acceptors (Lipinski definition) is 5. The zero-order chi connectivity index (χ0) is 15.2. The van der Waals surface area contributed by atoms with E-state index in [-0.39, 0.29) is 10.6 Å². The molecule has 6 nitrogen and oxygen atoms in total. The van der Waals surface area contributed by atoms with Gasteiger partial charge < -0.3 is 10.6 Å². The minimum atomic E-state index is -3.56. The summed E-state index contributed by atoms with van der Waals surface area (Å²) in [7, 11) is -1.50. The van der Waals surface area contributed by atoms with Gasteiger partial charge in [-0.3, -0.25) is 4.98 Å². The van der Waals surface area contributed by atoms with Gasteiger partial charge in [0.25, 0.3) is 0 Å². The maximum atomic E-state index is 12.0. The van der Waals surface area contributed by atoms with Gasteiger partial charge in [0.15, 0.2) is 0 Å². The zero-order valence-corrected chi connectivity index (χ0v) is 13.2. The molecule has 0 saturated heterocycles. The molecule has 0 amide bonds. The summed E-state index contributed by atoms with van der Waals surface area (Å²) in [5.74, 6) is 0. The fourth-order valence-corrected chi connectivity index (χ4v) is 2.79. The van der Waals surface area contributed by atoms with Crippen LogP contribution in [0.5, 0.6) is 0 Å². The number of nitrogens with two attached hydrogens (primary N) is 1. The SMILES string of the molecule is CC(C)N(C)CCCCNS(=O)(=O)c1cnccc1N. The van der Waals surface area contributed by atoms with Crippen molar-refractivity contribution in [2.75, 3.05) is 25.9 Å². The Morgan fingerprint density at radius 3 is 2.70 bits per heavy atom. The molecule has 0 spiro atoms. The Morgan fingerprint density at radius 2 is 2.10 bits per heavy atom. The molecule has 1 aromatic heterocycles. The lowest BCUT2D eigenvalue weighted by Crippen LogP contribution is -2.29. The molecule has 0 aliphatic carbocycles. The molecular formula is C13H24N4O2S. The second-order valence-electron chi connectivity index (χ2n) is 5.09. The fraction of sp³-hybridized carbons (Fsp3) is 0.615. The third-order valence-corrected chi connectivity index (χ3v) is 4.72. The number of unbranched alkanes of at least 4 members (excludes halogenated alkanes) is 1. The summed E-state index contributed by atoms with van der Waals surface area (Å²) in [6.45, 7) is 5.62. The first-order chi connectivity index (χ1) is 9.34. The topological polar surface area (TPSA) is 88.3 Å². The van der Waals surface area contributed by atoms with Crippen LogP contribution in [0.25, 0.3) is 0 Å². The van der Waals surface area contributed by atoms with E-state index in [0.717, 1.165) is 19.4 Å². The minimum Gasteiger partial charge on any atom is -0.398 e. The van der Waals surface area contributed by atoms with Crippen LogP contribution in [0.2, 0.25) is 0 Å². The molecule has 0 fully saturated rings. The maximum Gasteiger partial charge on any atom is 0.244 e. The van der Waals surface area contributed by atoms with Gasteiger partial charge in [0, 0.05) is 25.0 Å². The van der Waals surface area contributed by atoms with E-state index in [9.17, 15) is 8.42 Å². The first kappa shape index (κ1) is 16.9. The number of aromatic nitrogens is 1. The Labute approximate surface area is 121 Å². The van der Waals surface area contributed by atoms with E-state index in [1.54, 1.807) is 0 Å². The standard InChI is InChI=1S/C13H24N4O2S/c1-11(2)17(3)9-5-4-7-16-20(18,19)13-10-15-8-6-12(13)14/h6,8,10-11,16H,4-5,7,9H2,1-3H3,(H2,14,15). The summed E-state index contributed by atoms with van der Waals surface area (Å²) < 4.78 is 26.6. The van der Waals surface area contributed by atoms with Crippen LogP contribution >= 0.6 is 0 Å². The highest BCUT2D eigenvalue weighted by molar-refractivity contribution is 7.89. The van der Waals surface area contributed by atoms with Crippen molar-refractivity contribution in [2.45, 2.75) is 37.6 Å². The monoisotopic (exact) mass is 300 g/mol. The third kappa shape index (κ3) is 5.07. The molecule has 0 aromatic carbocycles. The first-order valence-corrected chi connectivity index (χ1v) is 8.22. The van der Waals surface area contributed by atoms with Gasteiger partial charge in [-0.2, -0.15) is 0 Å². The van der Waals surface area contributed by atoms with Gasteiger partial charge >= 0.3 is 0 Å². The Hall–Kier alpha value is -1.18. The number of nitrogens with one attached hydrogen (secondary N) is 1. The maximum absolute atomic E-state index is 12.0. The van der Waals surface area contributed by atoms with Crippen molar-refractivity contribution in [2.24, 2.45) is 0 Å². The van der Waals surface area contributed by atoms with Crippen LogP contribution in [0.15, 0.2) is 23.4 Å². The molecule has 1 rings (SSSR count). The number of nitrogen functional groups attached to an aromatic ring is 1. The first-order valence-electron chi connectivity index (χ1n) is 6.74. The summed E-state index contributed by atoms with van der Waals surface area (Å²) in [6.07, 6.45) is 4.47. The highest BCUT2D eigenvalue weighted by Crippen LogP contribution is 2.15. The van der Waals surface area contributed by atoms with Crippen LogP contribution in [-0.2, 0) is 10.0 Å². The van der Waals surface area contributed by atoms with E-state index in [2.05, 4.69) is 35.5 Å². The molecule has 0 saturated carbocycles. The zero-order valence-electron chi connectivity index (χ0n) is 12.3. The molecule has 0 bridgehead atoms. The minimum absolute atomic E-state index is 0.0410. The van der Waals surface area contributed by atoms with Gasteiger partial charge in [-0.1, -0.05) is 0 Å².